The average Bonchev–Trinajstić information content (AvgIpc) is 2.47. The smallest absolute Gasteiger partial charge is 0.140 e. The van der Waals surface area contributed by atoms with Crippen molar-refractivity contribution in [2.45, 2.75) is 44.4 Å². The molecule has 0 aliphatic heterocycles. The highest BCUT2D eigenvalue weighted by molar-refractivity contribution is 6.33. The van der Waals surface area contributed by atoms with E-state index < -0.39 is 0 Å². The molecule has 0 bridgehead atoms. The van der Waals surface area contributed by atoms with Crippen LogP contribution in [0.15, 0.2) is 6.07 Å². The van der Waals surface area contributed by atoms with E-state index in [9.17, 15) is 0 Å². The minimum atomic E-state index is -0.0817. The van der Waals surface area contributed by atoms with E-state index in [-0.39, 0.29) is 5.41 Å². The third-order valence-electron chi connectivity index (χ3n) is 4.53. The number of halogens is 1. The van der Waals surface area contributed by atoms with Crippen LogP contribution < -0.4 is 15.2 Å². The SMILES string of the molecule is COc1cc(C)c(OC)c(Cl)c1C1(CN)CCCCC1. The fraction of sp³-hybridized carbons (Fsp3) is 0.625. The van der Waals surface area contributed by atoms with Gasteiger partial charge < -0.3 is 15.2 Å². The largest absolute Gasteiger partial charge is 0.496 e. The van der Waals surface area contributed by atoms with Gasteiger partial charge in [-0.3, -0.25) is 0 Å². The monoisotopic (exact) mass is 297 g/mol. The molecule has 0 atom stereocenters. The summed E-state index contributed by atoms with van der Waals surface area (Å²) in [5.74, 6) is 1.57. The van der Waals surface area contributed by atoms with E-state index in [1.807, 2.05) is 13.0 Å². The molecule has 3 nitrogen and oxygen atoms in total. The molecule has 4 heteroatoms. The Kier molecular flexibility index (Phi) is 4.82. The van der Waals surface area contributed by atoms with Crippen molar-refractivity contribution in [2.24, 2.45) is 5.73 Å². The summed E-state index contributed by atoms with van der Waals surface area (Å²) in [6.07, 6.45) is 5.77. The lowest BCUT2D eigenvalue weighted by Gasteiger charge is -2.38. The van der Waals surface area contributed by atoms with Gasteiger partial charge in [-0.25, -0.2) is 0 Å². The van der Waals surface area contributed by atoms with Gasteiger partial charge in [0.1, 0.15) is 11.5 Å². The van der Waals surface area contributed by atoms with Crippen LogP contribution in [0.2, 0.25) is 5.02 Å². The third kappa shape index (κ3) is 2.49. The van der Waals surface area contributed by atoms with Crippen molar-refractivity contribution in [1.82, 2.24) is 0 Å². The number of nitrogens with two attached hydrogens (primary N) is 1. The Balaban J connectivity index is 2.64. The van der Waals surface area contributed by atoms with Crippen LogP contribution in [-0.2, 0) is 5.41 Å². The lowest BCUT2D eigenvalue weighted by atomic mass is 9.69. The van der Waals surface area contributed by atoms with Crippen molar-refractivity contribution in [3.63, 3.8) is 0 Å². The van der Waals surface area contributed by atoms with E-state index in [2.05, 4.69) is 0 Å². The minimum absolute atomic E-state index is 0.0817. The predicted octanol–water partition coefficient (Wildman–Crippen LogP) is 3.83. The Morgan fingerprint density at radius 1 is 1.20 bits per heavy atom. The molecule has 0 saturated heterocycles. The minimum Gasteiger partial charge on any atom is -0.496 e. The van der Waals surface area contributed by atoms with Crippen LogP contribution in [0.1, 0.15) is 43.2 Å². The lowest BCUT2D eigenvalue weighted by molar-refractivity contribution is 0.286. The maximum Gasteiger partial charge on any atom is 0.140 e. The normalized spacial score (nSPS) is 17.9. The second-order valence-corrected chi connectivity index (χ2v) is 6.04. The summed E-state index contributed by atoms with van der Waals surface area (Å²) >= 11 is 6.64. The third-order valence-corrected chi connectivity index (χ3v) is 4.89. The van der Waals surface area contributed by atoms with E-state index >= 15 is 0 Å². The highest BCUT2D eigenvalue weighted by Gasteiger charge is 2.38. The summed E-state index contributed by atoms with van der Waals surface area (Å²) < 4.78 is 11.1. The van der Waals surface area contributed by atoms with E-state index in [0.717, 1.165) is 35.5 Å². The maximum atomic E-state index is 6.64. The van der Waals surface area contributed by atoms with E-state index in [0.29, 0.717) is 11.6 Å². The molecule has 0 radical (unpaired) electrons. The first-order valence-electron chi connectivity index (χ1n) is 7.21. The first kappa shape index (κ1) is 15.5. The van der Waals surface area contributed by atoms with Crippen LogP contribution in [0.4, 0.5) is 0 Å². The van der Waals surface area contributed by atoms with Crippen LogP contribution in [0.3, 0.4) is 0 Å². The Morgan fingerprint density at radius 2 is 1.85 bits per heavy atom. The molecule has 0 unspecified atom stereocenters. The van der Waals surface area contributed by atoms with Gasteiger partial charge in [-0.15, -0.1) is 0 Å². The molecule has 2 N–H and O–H groups in total. The van der Waals surface area contributed by atoms with E-state index in [1.165, 1.54) is 19.3 Å². The molecule has 1 aromatic rings. The zero-order chi connectivity index (χ0) is 14.8. The van der Waals surface area contributed by atoms with Crippen molar-refractivity contribution >= 4 is 11.6 Å². The molecule has 0 spiro atoms. The molecule has 0 amide bonds. The Labute approximate surface area is 126 Å². The number of methoxy groups -OCH3 is 2. The first-order valence-corrected chi connectivity index (χ1v) is 7.59. The fourth-order valence-corrected chi connectivity index (χ4v) is 3.94. The molecule has 20 heavy (non-hydrogen) atoms. The van der Waals surface area contributed by atoms with Crippen molar-refractivity contribution in [3.05, 3.63) is 22.2 Å². The number of hydrogen-bond acceptors (Lipinski definition) is 3. The van der Waals surface area contributed by atoms with Gasteiger partial charge >= 0.3 is 0 Å². The average molecular weight is 298 g/mol. The van der Waals surface area contributed by atoms with Gasteiger partial charge in [0, 0.05) is 17.5 Å². The molecular formula is C16H24ClNO2. The first-order chi connectivity index (χ1) is 9.59. The summed E-state index contributed by atoms with van der Waals surface area (Å²) in [6, 6.07) is 2.01. The molecule has 112 valence electrons. The number of ether oxygens (including phenoxy) is 2. The van der Waals surface area contributed by atoms with Crippen molar-refractivity contribution < 1.29 is 9.47 Å². The van der Waals surface area contributed by atoms with Crippen molar-refractivity contribution in [1.29, 1.82) is 0 Å². The van der Waals surface area contributed by atoms with Crippen LogP contribution in [0.5, 0.6) is 11.5 Å². The highest BCUT2D eigenvalue weighted by atomic mass is 35.5. The van der Waals surface area contributed by atoms with Gasteiger partial charge in [-0.2, -0.15) is 0 Å². The van der Waals surface area contributed by atoms with Crippen molar-refractivity contribution in [3.8, 4) is 11.5 Å². The molecule has 0 aromatic heterocycles. The molecule has 1 saturated carbocycles. The number of benzene rings is 1. The molecular weight excluding hydrogens is 274 g/mol. The second kappa shape index (κ2) is 6.23. The standard InChI is InChI=1S/C16H24ClNO2/c1-11-9-12(19-2)13(14(17)15(11)20-3)16(10-18)7-5-4-6-8-16/h9H,4-8,10,18H2,1-3H3. The summed E-state index contributed by atoms with van der Waals surface area (Å²) in [5.41, 5.74) is 8.08. The van der Waals surface area contributed by atoms with Gasteiger partial charge in [-0.05, 0) is 31.4 Å². The molecule has 1 aromatic carbocycles. The summed E-state index contributed by atoms with van der Waals surface area (Å²) in [6.45, 7) is 2.57. The van der Waals surface area contributed by atoms with Crippen LogP contribution in [0.25, 0.3) is 0 Å². The van der Waals surface area contributed by atoms with Crippen LogP contribution in [-0.4, -0.2) is 20.8 Å². The Hall–Kier alpha value is -0.930. The fourth-order valence-electron chi connectivity index (χ4n) is 3.42. The summed E-state index contributed by atoms with van der Waals surface area (Å²) in [7, 11) is 3.34. The van der Waals surface area contributed by atoms with E-state index in [1.54, 1.807) is 14.2 Å². The molecule has 1 aliphatic rings. The van der Waals surface area contributed by atoms with Crippen LogP contribution >= 0.6 is 11.6 Å². The highest BCUT2D eigenvalue weighted by Crippen LogP contribution is 2.49. The maximum absolute atomic E-state index is 6.64. The second-order valence-electron chi connectivity index (χ2n) is 5.66. The van der Waals surface area contributed by atoms with Gasteiger partial charge in [-0.1, -0.05) is 30.9 Å². The number of rotatable bonds is 4. The molecule has 1 fully saturated rings. The molecule has 1 aliphatic carbocycles. The zero-order valence-electron chi connectivity index (χ0n) is 12.6. The number of hydrogen-bond donors (Lipinski definition) is 1. The quantitative estimate of drug-likeness (QED) is 0.918. The van der Waals surface area contributed by atoms with Gasteiger partial charge in [0.2, 0.25) is 0 Å². The predicted molar refractivity (Wildman–Crippen MR) is 83.1 cm³/mol. The lowest BCUT2D eigenvalue weighted by Crippen LogP contribution is -2.37. The number of aryl methyl sites for hydroxylation is 1. The van der Waals surface area contributed by atoms with E-state index in [4.69, 9.17) is 26.8 Å². The molecule has 0 heterocycles. The van der Waals surface area contributed by atoms with Gasteiger partial charge in [0.15, 0.2) is 0 Å². The molecule has 2 rings (SSSR count). The van der Waals surface area contributed by atoms with Gasteiger partial charge in [0.05, 0.1) is 19.2 Å². The van der Waals surface area contributed by atoms with Crippen molar-refractivity contribution in [2.75, 3.05) is 20.8 Å². The Bertz CT molecular complexity index is 482. The topological polar surface area (TPSA) is 44.5 Å². The van der Waals surface area contributed by atoms with Gasteiger partial charge in [0.25, 0.3) is 0 Å². The Morgan fingerprint density at radius 3 is 2.35 bits per heavy atom. The summed E-state index contributed by atoms with van der Waals surface area (Å²) in [5, 5.41) is 0.664. The summed E-state index contributed by atoms with van der Waals surface area (Å²) in [4.78, 5) is 0. The zero-order valence-corrected chi connectivity index (χ0v) is 13.3. The van der Waals surface area contributed by atoms with Crippen LogP contribution in [0, 0.1) is 6.92 Å².